The largest absolute Gasteiger partial charge is 0.439 e. The van der Waals surface area contributed by atoms with E-state index in [0.717, 1.165) is 10.0 Å². The van der Waals surface area contributed by atoms with Crippen molar-refractivity contribution < 1.29 is 14.2 Å². The van der Waals surface area contributed by atoms with Gasteiger partial charge < -0.3 is 10.2 Å². The Hall–Kier alpha value is -3.20. The molecule has 142 valence electrons. The number of nitrogens with one attached hydrogen (secondary N) is 2. The fourth-order valence-electron chi connectivity index (χ4n) is 2.97. The summed E-state index contributed by atoms with van der Waals surface area (Å²) in [5.74, 6) is -0.867. The second-order valence-electron chi connectivity index (χ2n) is 6.49. The van der Waals surface area contributed by atoms with Crippen molar-refractivity contribution in [2.24, 2.45) is 5.16 Å². The van der Waals surface area contributed by atoms with Crippen molar-refractivity contribution >= 4 is 33.2 Å². The number of H-pyrrole nitrogens is 1. The number of anilines is 1. The molecular weight excluding hydrogens is 428 g/mol. The summed E-state index contributed by atoms with van der Waals surface area (Å²) in [6.45, 7) is 1.89. The molecule has 2 N–H and O–H groups in total. The zero-order chi connectivity index (χ0) is 19.7. The van der Waals surface area contributed by atoms with Crippen LogP contribution < -0.4 is 11.1 Å². The molecule has 0 bridgehead atoms. The first-order valence-corrected chi connectivity index (χ1v) is 9.22. The van der Waals surface area contributed by atoms with E-state index < -0.39 is 17.3 Å². The molecule has 1 unspecified atom stereocenters. The Morgan fingerprint density at radius 3 is 2.75 bits per heavy atom. The van der Waals surface area contributed by atoms with E-state index in [1.807, 2.05) is 37.3 Å². The Labute approximate surface area is 167 Å². The predicted molar refractivity (Wildman–Crippen MR) is 106 cm³/mol. The smallest absolute Gasteiger partial charge is 0.384 e. The van der Waals surface area contributed by atoms with Crippen LogP contribution in [0.3, 0.4) is 0 Å². The lowest BCUT2D eigenvalue weighted by Crippen LogP contribution is -2.27. The highest BCUT2D eigenvalue weighted by molar-refractivity contribution is 9.10. The molecule has 0 saturated heterocycles. The van der Waals surface area contributed by atoms with Crippen LogP contribution in [0.1, 0.15) is 18.9 Å². The van der Waals surface area contributed by atoms with Gasteiger partial charge in [-0.05, 0) is 30.7 Å². The van der Waals surface area contributed by atoms with Gasteiger partial charge in [0.1, 0.15) is 5.71 Å². The number of aromatic nitrogens is 2. The van der Waals surface area contributed by atoms with Gasteiger partial charge in [0.2, 0.25) is 0 Å². The van der Waals surface area contributed by atoms with Crippen LogP contribution in [0.2, 0.25) is 0 Å². The number of benzene rings is 2. The van der Waals surface area contributed by atoms with Crippen LogP contribution >= 0.6 is 15.9 Å². The number of halogens is 1. The van der Waals surface area contributed by atoms with Crippen molar-refractivity contribution in [2.75, 3.05) is 5.32 Å². The van der Waals surface area contributed by atoms with Gasteiger partial charge in [0.05, 0.1) is 5.69 Å². The molecule has 1 amide bonds. The number of amides is 1. The number of rotatable bonds is 4. The lowest BCUT2D eigenvalue weighted by Gasteiger charge is -2.21. The maximum atomic E-state index is 12.8. The monoisotopic (exact) mass is 442 g/mol. The first-order chi connectivity index (χ1) is 13.4. The van der Waals surface area contributed by atoms with Gasteiger partial charge in [-0.1, -0.05) is 56.6 Å². The molecule has 9 heteroatoms. The number of carbonyl (C=O) groups excluding carboxylic acids is 1. The van der Waals surface area contributed by atoms with E-state index in [-0.39, 0.29) is 11.5 Å². The Balaban J connectivity index is 1.56. The first-order valence-electron chi connectivity index (χ1n) is 8.42. The number of aromatic amines is 1. The maximum absolute atomic E-state index is 12.8. The molecule has 2 aromatic carbocycles. The van der Waals surface area contributed by atoms with E-state index in [2.05, 4.69) is 41.1 Å². The Kier molecular flexibility index (Phi) is 4.60. The van der Waals surface area contributed by atoms with Gasteiger partial charge in [0, 0.05) is 16.5 Å². The molecule has 0 radical (unpaired) electrons. The van der Waals surface area contributed by atoms with E-state index >= 15 is 0 Å². The summed E-state index contributed by atoms with van der Waals surface area (Å²) in [6, 6.07) is 14.8. The summed E-state index contributed by atoms with van der Waals surface area (Å²) >= 11 is 3.37. The quantitative estimate of drug-likeness (QED) is 0.642. The van der Waals surface area contributed by atoms with Crippen molar-refractivity contribution in [3.05, 3.63) is 69.1 Å². The van der Waals surface area contributed by atoms with Crippen LogP contribution in [0.4, 0.5) is 5.69 Å². The molecule has 2 heterocycles. The second-order valence-corrected chi connectivity index (χ2v) is 7.41. The molecule has 1 atom stereocenters. The summed E-state index contributed by atoms with van der Waals surface area (Å²) in [6.07, 6.45) is 0.329. The van der Waals surface area contributed by atoms with Crippen molar-refractivity contribution in [1.29, 1.82) is 0 Å². The number of oxime groups is 1. The van der Waals surface area contributed by atoms with Gasteiger partial charge in [-0.25, -0.2) is 4.79 Å². The molecule has 1 aliphatic rings. The predicted octanol–water partition coefficient (Wildman–Crippen LogP) is 3.42. The van der Waals surface area contributed by atoms with E-state index in [1.165, 1.54) is 0 Å². The van der Waals surface area contributed by atoms with E-state index in [9.17, 15) is 9.59 Å². The molecule has 8 nitrogen and oxygen atoms in total. The number of nitrogens with zero attached hydrogens (tertiary/aromatic N) is 2. The molecule has 4 rings (SSSR count). The third-order valence-electron chi connectivity index (χ3n) is 4.43. The summed E-state index contributed by atoms with van der Waals surface area (Å²) in [7, 11) is 0. The highest BCUT2D eigenvalue weighted by Crippen LogP contribution is 2.35. The van der Waals surface area contributed by atoms with Gasteiger partial charge in [-0.3, -0.25) is 14.3 Å². The molecule has 0 aliphatic carbocycles. The maximum Gasteiger partial charge on any atom is 0.439 e. The van der Waals surface area contributed by atoms with Crippen LogP contribution in [-0.2, 0) is 15.2 Å². The molecule has 0 spiro atoms. The van der Waals surface area contributed by atoms with Gasteiger partial charge in [-0.15, -0.1) is 0 Å². The molecule has 3 aromatic rings. The fourth-order valence-corrected chi connectivity index (χ4v) is 3.33. The summed E-state index contributed by atoms with van der Waals surface area (Å²) in [4.78, 5) is 32.1. The van der Waals surface area contributed by atoms with Crippen LogP contribution in [0.15, 0.2) is 67.5 Å². The fraction of sp³-hybridized carbons (Fsp3) is 0.158. The first kappa shape index (κ1) is 18.2. The Bertz CT molecular complexity index is 1120. The zero-order valence-electron chi connectivity index (χ0n) is 14.7. The summed E-state index contributed by atoms with van der Waals surface area (Å²) in [5.41, 5.74) is 1.46. The summed E-state index contributed by atoms with van der Waals surface area (Å²) < 4.78 is 5.31. The Morgan fingerprint density at radius 2 is 2.04 bits per heavy atom. The number of hydrogen-bond donors (Lipinski definition) is 2. The third-order valence-corrected chi connectivity index (χ3v) is 4.93. The average molecular weight is 443 g/mol. The van der Waals surface area contributed by atoms with E-state index in [1.54, 1.807) is 18.2 Å². The number of carbonyl (C=O) groups is 1. The normalized spacial score (nSPS) is 18.4. The molecule has 1 aliphatic heterocycles. The van der Waals surface area contributed by atoms with Crippen molar-refractivity contribution in [3.8, 4) is 11.4 Å². The second kappa shape index (κ2) is 7.08. The molecule has 0 saturated carbocycles. The third kappa shape index (κ3) is 3.48. The van der Waals surface area contributed by atoms with Crippen LogP contribution in [0, 0.1) is 0 Å². The van der Waals surface area contributed by atoms with Gasteiger partial charge in [-0.2, -0.15) is 0 Å². The van der Waals surface area contributed by atoms with Crippen molar-refractivity contribution in [1.82, 2.24) is 10.1 Å². The van der Waals surface area contributed by atoms with Crippen molar-refractivity contribution in [2.45, 2.75) is 18.9 Å². The molecule has 1 aromatic heterocycles. The summed E-state index contributed by atoms with van der Waals surface area (Å²) in [5, 5.41) is 10.5. The SMILES string of the molecule is CC1(c2ccccc2)CC(C(=O)Nc2ccc(Br)cc2-c2noc(=O)[nH]2)=NO1. The lowest BCUT2D eigenvalue weighted by atomic mass is 9.91. The molecule has 28 heavy (non-hydrogen) atoms. The van der Waals surface area contributed by atoms with Gasteiger partial charge >= 0.3 is 5.76 Å². The molecular formula is C19H15BrN4O4. The van der Waals surface area contributed by atoms with Crippen LogP contribution in [0.25, 0.3) is 11.4 Å². The molecule has 0 fully saturated rings. The van der Waals surface area contributed by atoms with E-state index in [4.69, 9.17) is 4.84 Å². The minimum Gasteiger partial charge on any atom is -0.384 e. The standard InChI is InChI=1S/C19H15BrN4O4/c1-19(11-5-3-2-4-6-11)10-15(23-28-19)17(25)21-14-8-7-12(20)9-13(14)16-22-18(26)27-24-16/h2-9H,10H2,1H3,(H,21,25)(H,22,24,26). The minimum atomic E-state index is -0.701. The minimum absolute atomic E-state index is 0.209. The topological polar surface area (TPSA) is 110 Å². The van der Waals surface area contributed by atoms with E-state index in [0.29, 0.717) is 17.7 Å². The van der Waals surface area contributed by atoms with Crippen molar-refractivity contribution in [3.63, 3.8) is 0 Å². The van der Waals surface area contributed by atoms with Crippen LogP contribution in [-0.4, -0.2) is 21.8 Å². The van der Waals surface area contributed by atoms with Gasteiger partial charge in [0.15, 0.2) is 11.4 Å². The highest BCUT2D eigenvalue weighted by atomic mass is 79.9. The number of hydrogen-bond acceptors (Lipinski definition) is 6. The zero-order valence-corrected chi connectivity index (χ0v) is 16.3. The van der Waals surface area contributed by atoms with Gasteiger partial charge in [0.25, 0.3) is 5.91 Å². The van der Waals surface area contributed by atoms with Crippen LogP contribution in [0.5, 0.6) is 0 Å². The average Bonchev–Trinajstić information content (AvgIpc) is 3.31. The lowest BCUT2D eigenvalue weighted by molar-refractivity contribution is -0.110. The highest BCUT2D eigenvalue weighted by Gasteiger charge is 2.38. The Morgan fingerprint density at radius 1 is 1.25 bits per heavy atom.